The van der Waals surface area contributed by atoms with Gasteiger partial charge in [-0.05, 0) is 107 Å². The molecule has 66 heavy (non-hydrogen) atoms. The van der Waals surface area contributed by atoms with E-state index in [1.165, 1.54) is 0 Å². The monoisotopic (exact) mass is 896 g/mol. The molecule has 3 aromatic heterocycles. The summed E-state index contributed by atoms with van der Waals surface area (Å²) in [5.41, 5.74) is 8.83. The predicted octanol–water partition coefficient (Wildman–Crippen LogP) is 8.73. The van der Waals surface area contributed by atoms with Crippen LogP contribution in [0.4, 0.5) is 10.5 Å². The molecule has 1 aliphatic rings. The van der Waals surface area contributed by atoms with Crippen molar-refractivity contribution >= 4 is 56.6 Å². The number of ether oxygens (including phenoxy) is 3. The van der Waals surface area contributed by atoms with E-state index >= 15 is 0 Å². The molecule has 3 N–H and O–H groups in total. The van der Waals surface area contributed by atoms with Crippen LogP contribution in [0.2, 0.25) is 0 Å². The van der Waals surface area contributed by atoms with Gasteiger partial charge in [-0.2, -0.15) is 4.98 Å². The summed E-state index contributed by atoms with van der Waals surface area (Å²) in [5, 5.41) is 19.1. The van der Waals surface area contributed by atoms with Gasteiger partial charge in [0.15, 0.2) is 5.82 Å². The number of carbonyl (C=O) groups is 3. The average molecular weight is 897 g/mol. The second kappa shape index (κ2) is 18.1. The van der Waals surface area contributed by atoms with Crippen LogP contribution >= 0.6 is 11.8 Å². The smallest absolute Gasteiger partial charge is 0.297 e. The maximum absolute atomic E-state index is 14.0. The highest BCUT2D eigenvalue weighted by molar-refractivity contribution is 8.15. The van der Waals surface area contributed by atoms with Crippen molar-refractivity contribution in [3.8, 4) is 45.8 Å². The Bertz CT molecular complexity index is 3240. The predicted molar refractivity (Wildman–Crippen MR) is 250 cm³/mol. The number of nitrogens with zero attached hydrogens (tertiary/aromatic N) is 7. The number of hydrogen-bond acceptors (Lipinski definition) is 12. The largest absolute Gasteiger partial charge is 0.486 e. The number of fused-ring (bicyclic) bond motifs is 2. The summed E-state index contributed by atoms with van der Waals surface area (Å²) in [6.07, 6.45) is 0.460. The molecule has 1 saturated heterocycles. The molecule has 1 aliphatic heterocycles. The maximum atomic E-state index is 14.0. The lowest BCUT2D eigenvalue weighted by Crippen LogP contribution is -2.25. The number of aromatic amines is 1. The van der Waals surface area contributed by atoms with Crippen molar-refractivity contribution in [3.05, 3.63) is 156 Å². The van der Waals surface area contributed by atoms with E-state index in [2.05, 4.69) is 55.5 Å². The van der Waals surface area contributed by atoms with Gasteiger partial charge in [-0.15, -0.1) is 5.10 Å². The zero-order valence-corrected chi connectivity index (χ0v) is 36.4. The molecule has 10 rings (SSSR count). The van der Waals surface area contributed by atoms with Gasteiger partial charge >= 0.3 is 0 Å². The fourth-order valence-corrected chi connectivity index (χ4v) is 8.74. The highest BCUT2D eigenvalue weighted by atomic mass is 32.2. The van der Waals surface area contributed by atoms with E-state index in [1.807, 2.05) is 102 Å². The first kappa shape index (κ1) is 41.7. The van der Waals surface area contributed by atoms with Gasteiger partial charge in [-0.3, -0.25) is 24.3 Å². The lowest BCUT2D eigenvalue weighted by atomic mass is 9.98. The highest BCUT2D eigenvalue weighted by Crippen LogP contribution is 2.33. The Kier molecular flexibility index (Phi) is 11.4. The van der Waals surface area contributed by atoms with Crippen molar-refractivity contribution in [1.82, 2.24) is 45.0 Å². The molecule has 3 amide bonds. The van der Waals surface area contributed by atoms with E-state index in [0.717, 1.165) is 56.4 Å². The standard InChI is InChI=1S/C49H40N10O6S/c1-3-63-48-52-40-10-6-9-38(44(40)59(48)27-30-11-15-31(16-12-30)36-7-4-5-8-37(36)45-54-56-57-55-45)46(60)50-32-17-21-34(22-18-32)65-35-23-24-39-41(26-35)58(2)43(51-39)28-64-33-19-13-29(14-20-33)25-42-47(61)53-49(62)66-42/h4-24,26,42H,3,25,27-28H2,1-2H3,(H,50,60)(H,53,61,62)(H,54,55,56,57). The quantitative estimate of drug-likeness (QED) is 0.0888. The van der Waals surface area contributed by atoms with E-state index in [1.54, 1.807) is 30.3 Å². The van der Waals surface area contributed by atoms with Gasteiger partial charge in [0, 0.05) is 24.4 Å². The average Bonchev–Trinajstić information content (AvgIpc) is 4.13. The zero-order valence-electron chi connectivity index (χ0n) is 35.6. The molecule has 1 fully saturated rings. The lowest BCUT2D eigenvalue weighted by Gasteiger charge is -2.13. The fraction of sp³-hybridized carbons (Fsp3) is 0.143. The third-order valence-electron chi connectivity index (χ3n) is 11.2. The van der Waals surface area contributed by atoms with Gasteiger partial charge in [0.1, 0.15) is 29.7 Å². The van der Waals surface area contributed by atoms with Gasteiger partial charge in [0.2, 0.25) is 5.91 Å². The summed E-state index contributed by atoms with van der Waals surface area (Å²) in [6, 6.07) is 42.4. The topological polar surface area (TPSA) is 193 Å². The number of thioether (sulfide) groups is 1. The van der Waals surface area contributed by atoms with Crippen LogP contribution in [0.3, 0.4) is 0 Å². The maximum Gasteiger partial charge on any atom is 0.297 e. The third-order valence-corrected chi connectivity index (χ3v) is 12.1. The van der Waals surface area contributed by atoms with Gasteiger partial charge in [-0.25, -0.2) is 10.1 Å². The Hall–Kier alpha value is -8.31. The minimum absolute atomic E-state index is 0.239. The van der Waals surface area contributed by atoms with Crippen molar-refractivity contribution in [2.45, 2.75) is 31.7 Å². The molecular weight excluding hydrogens is 857 g/mol. The number of imide groups is 1. The number of amides is 3. The SMILES string of the molecule is CCOc1nc2cccc(C(=O)Nc3ccc(Oc4ccc5nc(COc6ccc(CC7SC(=O)NC7=O)cc6)n(C)c5c4)cc3)c2n1Cc1ccc(-c2ccccc2-c2nnn[nH]2)cc1. The minimum Gasteiger partial charge on any atom is -0.486 e. The number of aromatic nitrogens is 8. The van der Waals surface area contributed by atoms with Crippen LogP contribution in [0.5, 0.6) is 23.3 Å². The Morgan fingerprint density at radius 1 is 0.788 bits per heavy atom. The summed E-state index contributed by atoms with van der Waals surface area (Å²) >= 11 is 1.02. The summed E-state index contributed by atoms with van der Waals surface area (Å²) < 4.78 is 22.2. The first-order chi connectivity index (χ1) is 32.3. The molecule has 0 aliphatic carbocycles. The Morgan fingerprint density at radius 3 is 2.29 bits per heavy atom. The molecule has 1 unspecified atom stereocenters. The van der Waals surface area contributed by atoms with Crippen LogP contribution in [0.25, 0.3) is 44.6 Å². The number of hydrogen-bond donors (Lipinski definition) is 3. The van der Waals surface area contributed by atoms with E-state index < -0.39 is 5.25 Å². The van der Waals surface area contributed by atoms with E-state index in [4.69, 9.17) is 24.2 Å². The second-order valence-electron chi connectivity index (χ2n) is 15.4. The number of aryl methyl sites for hydroxylation is 1. The molecule has 17 heteroatoms. The van der Waals surface area contributed by atoms with Gasteiger partial charge in [-0.1, -0.05) is 78.5 Å². The number of H-pyrrole nitrogens is 1. The van der Waals surface area contributed by atoms with Crippen LogP contribution in [-0.4, -0.2) is 68.6 Å². The number of benzene rings is 6. The summed E-state index contributed by atoms with van der Waals surface area (Å²) in [7, 11) is 1.92. The van der Waals surface area contributed by atoms with Crippen molar-refractivity contribution < 1.29 is 28.6 Å². The van der Waals surface area contributed by atoms with Gasteiger partial charge in [0.25, 0.3) is 17.2 Å². The summed E-state index contributed by atoms with van der Waals surface area (Å²) in [6.45, 7) is 2.97. The third kappa shape index (κ3) is 8.66. The van der Waals surface area contributed by atoms with Crippen molar-refractivity contribution in [2.24, 2.45) is 7.05 Å². The number of nitrogens with one attached hydrogen (secondary N) is 3. The molecule has 0 radical (unpaired) electrons. The molecule has 1 atom stereocenters. The van der Waals surface area contributed by atoms with Crippen LogP contribution in [0.15, 0.2) is 133 Å². The van der Waals surface area contributed by atoms with Crippen molar-refractivity contribution in [3.63, 3.8) is 0 Å². The first-order valence-corrected chi connectivity index (χ1v) is 22.0. The fourth-order valence-electron chi connectivity index (χ4n) is 7.88. The molecule has 0 saturated carbocycles. The van der Waals surface area contributed by atoms with E-state index in [-0.39, 0.29) is 23.7 Å². The molecule has 9 aromatic rings. The number of para-hydroxylation sites is 1. The number of anilines is 1. The summed E-state index contributed by atoms with van der Waals surface area (Å²) in [4.78, 5) is 47.0. The van der Waals surface area contributed by atoms with E-state index in [9.17, 15) is 14.4 Å². The van der Waals surface area contributed by atoms with Crippen molar-refractivity contribution in [1.29, 1.82) is 0 Å². The summed E-state index contributed by atoms with van der Waals surface area (Å²) in [5.74, 6) is 2.63. The highest BCUT2D eigenvalue weighted by Gasteiger charge is 2.31. The lowest BCUT2D eigenvalue weighted by molar-refractivity contribution is -0.118. The van der Waals surface area contributed by atoms with Crippen molar-refractivity contribution in [2.75, 3.05) is 11.9 Å². The zero-order chi connectivity index (χ0) is 45.1. The number of carbonyl (C=O) groups excluding carboxylic acids is 3. The van der Waals surface area contributed by atoms with Crippen LogP contribution in [0.1, 0.15) is 34.2 Å². The second-order valence-corrected chi connectivity index (χ2v) is 16.6. The number of tetrazole rings is 1. The molecule has 4 heterocycles. The molecule has 328 valence electrons. The normalized spacial score (nSPS) is 13.6. The number of rotatable bonds is 15. The number of imidazole rings is 2. The van der Waals surface area contributed by atoms with Gasteiger partial charge in [0.05, 0.1) is 46.0 Å². The van der Waals surface area contributed by atoms with Crippen LogP contribution in [0, 0.1) is 0 Å². The molecule has 0 spiro atoms. The molecule has 16 nitrogen and oxygen atoms in total. The minimum atomic E-state index is -0.421. The molecule has 0 bridgehead atoms. The molecule has 6 aromatic carbocycles. The van der Waals surface area contributed by atoms with Gasteiger partial charge < -0.3 is 24.1 Å². The van der Waals surface area contributed by atoms with Crippen LogP contribution in [-0.2, 0) is 31.4 Å². The Morgan fingerprint density at radius 2 is 1.55 bits per heavy atom. The Balaban J connectivity index is 0.800. The first-order valence-electron chi connectivity index (χ1n) is 21.1. The molecular formula is C49H40N10O6S. The Labute approximate surface area is 381 Å². The van der Waals surface area contributed by atoms with Crippen LogP contribution < -0.4 is 24.8 Å². The van der Waals surface area contributed by atoms with E-state index in [0.29, 0.717) is 70.9 Å².